The highest BCUT2D eigenvalue weighted by Crippen LogP contribution is 2.24. The van der Waals surface area contributed by atoms with E-state index in [-0.39, 0.29) is 14.9 Å². The van der Waals surface area contributed by atoms with E-state index in [0.717, 1.165) is 11.3 Å². The van der Waals surface area contributed by atoms with E-state index in [1.165, 1.54) is 48.5 Å². The van der Waals surface area contributed by atoms with E-state index in [1.54, 1.807) is 6.92 Å². The number of anilines is 3. The molecule has 0 aliphatic carbocycles. The van der Waals surface area contributed by atoms with Crippen LogP contribution in [-0.4, -0.2) is 25.3 Å². The molecule has 30 heavy (non-hydrogen) atoms. The molecule has 0 aliphatic rings. The van der Waals surface area contributed by atoms with Gasteiger partial charge in [-0.05, 0) is 55.5 Å². The molecule has 0 aliphatic heterocycles. The van der Waals surface area contributed by atoms with E-state index in [9.17, 15) is 22.4 Å². The molecule has 3 rings (SSSR count). The maximum atomic E-state index is 12.9. The summed E-state index contributed by atoms with van der Waals surface area (Å²) in [5.41, 5.74) is 1.16. The number of nitrogens with zero attached hydrogens (tertiary/aromatic N) is 1. The number of urea groups is 1. The van der Waals surface area contributed by atoms with Gasteiger partial charge in [0.25, 0.3) is 5.91 Å². The molecule has 0 saturated carbocycles. The van der Waals surface area contributed by atoms with Crippen LogP contribution in [0.3, 0.4) is 0 Å². The topological polar surface area (TPSA) is 143 Å². The summed E-state index contributed by atoms with van der Waals surface area (Å²) in [7, 11) is -3.83. The molecule has 156 valence electrons. The van der Waals surface area contributed by atoms with Crippen LogP contribution in [0.5, 0.6) is 0 Å². The van der Waals surface area contributed by atoms with Gasteiger partial charge in [-0.3, -0.25) is 10.1 Å². The number of nitrogens with two attached hydrogens (primary N) is 1. The zero-order valence-electron chi connectivity index (χ0n) is 15.5. The Bertz CT molecular complexity index is 1190. The third-order valence-electron chi connectivity index (χ3n) is 3.77. The Morgan fingerprint density at radius 2 is 1.53 bits per heavy atom. The van der Waals surface area contributed by atoms with Gasteiger partial charge in [-0.1, -0.05) is 11.3 Å². The summed E-state index contributed by atoms with van der Waals surface area (Å²) >= 11 is 0.965. The Morgan fingerprint density at radius 3 is 2.13 bits per heavy atom. The van der Waals surface area contributed by atoms with Gasteiger partial charge in [-0.15, -0.1) is 0 Å². The van der Waals surface area contributed by atoms with Crippen LogP contribution in [0.4, 0.5) is 25.7 Å². The lowest BCUT2D eigenvalue weighted by molar-refractivity contribution is 0.102. The molecule has 0 radical (unpaired) electrons. The van der Waals surface area contributed by atoms with Gasteiger partial charge in [0.15, 0.2) is 5.13 Å². The molecule has 3 aromatic rings. The molecule has 9 nitrogen and oxygen atoms in total. The molecular weight excluding hydrogens is 433 g/mol. The van der Waals surface area contributed by atoms with E-state index in [2.05, 4.69) is 20.9 Å². The van der Waals surface area contributed by atoms with E-state index in [0.29, 0.717) is 17.1 Å². The summed E-state index contributed by atoms with van der Waals surface area (Å²) in [6.45, 7) is 1.61. The van der Waals surface area contributed by atoms with Gasteiger partial charge in [-0.25, -0.2) is 27.7 Å². The van der Waals surface area contributed by atoms with Crippen LogP contribution in [0.2, 0.25) is 0 Å². The maximum absolute atomic E-state index is 12.9. The fourth-order valence-electron chi connectivity index (χ4n) is 2.37. The van der Waals surface area contributed by atoms with Gasteiger partial charge in [0.1, 0.15) is 10.7 Å². The molecule has 1 aromatic heterocycles. The number of hydrogen-bond donors (Lipinski definition) is 4. The number of benzene rings is 2. The summed E-state index contributed by atoms with van der Waals surface area (Å²) in [6, 6.07) is 9.99. The lowest BCUT2D eigenvalue weighted by atomic mass is 10.3. The lowest BCUT2D eigenvalue weighted by Crippen LogP contribution is -2.19. The summed E-state index contributed by atoms with van der Waals surface area (Å²) in [6.07, 6.45) is 0. The second kappa shape index (κ2) is 8.57. The SMILES string of the molecule is Cc1nc(NC(=O)Nc2ccc(F)cc2)sc1C(=O)Nc1ccc(S(N)(=O)=O)cc1. The Hall–Kier alpha value is -3.35. The standard InChI is InChI=1S/C18H16FN5O4S2/c1-10-15(16(25)22-12-6-8-14(9-7-12)30(20,27)28)29-18(21-10)24-17(26)23-13-4-2-11(19)3-5-13/h2-9H,1H3,(H,22,25)(H2,20,27,28)(H2,21,23,24,26). The van der Waals surface area contributed by atoms with Crippen LogP contribution < -0.4 is 21.1 Å². The number of sulfonamides is 1. The first-order chi connectivity index (χ1) is 14.1. The number of carbonyl (C=O) groups is 2. The first-order valence-corrected chi connectivity index (χ1v) is 10.7. The summed E-state index contributed by atoms with van der Waals surface area (Å²) in [5.74, 6) is -0.896. The predicted molar refractivity (Wildman–Crippen MR) is 112 cm³/mol. The van der Waals surface area contributed by atoms with Crippen molar-refractivity contribution in [1.82, 2.24) is 4.98 Å². The maximum Gasteiger partial charge on any atom is 0.325 e. The number of rotatable bonds is 5. The molecule has 5 N–H and O–H groups in total. The highest BCUT2D eigenvalue weighted by molar-refractivity contribution is 7.89. The molecule has 3 amide bonds. The van der Waals surface area contributed by atoms with Crippen molar-refractivity contribution in [3.63, 3.8) is 0 Å². The molecule has 0 bridgehead atoms. The molecule has 0 spiro atoms. The van der Waals surface area contributed by atoms with Crippen molar-refractivity contribution in [3.8, 4) is 0 Å². The van der Waals surface area contributed by atoms with Crippen molar-refractivity contribution in [3.05, 3.63) is 64.9 Å². The summed E-state index contributed by atoms with van der Waals surface area (Å²) in [4.78, 5) is 28.9. The van der Waals surface area contributed by atoms with Crippen LogP contribution in [0, 0.1) is 12.7 Å². The third kappa shape index (κ3) is 5.37. The second-order valence-electron chi connectivity index (χ2n) is 6.04. The molecule has 1 heterocycles. The van der Waals surface area contributed by atoms with Crippen LogP contribution >= 0.6 is 11.3 Å². The van der Waals surface area contributed by atoms with Crippen molar-refractivity contribution in [2.75, 3.05) is 16.0 Å². The number of nitrogens with one attached hydrogen (secondary N) is 3. The van der Waals surface area contributed by atoms with Gasteiger partial charge >= 0.3 is 6.03 Å². The van der Waals surface area contributed by atoms with Gasteiger partial charge in [0, 0.05) is 11.4 Å². The number of halogens is 1. The Balaban J connectivity index is 1.65. The smallest absolute Gasteiger partial charge is 0.321 e. The summed E-state index contributed by atoms with van der Waals surface area (Å²) in [5, 5.41) is 12.9. The number of primary sulfonamides is 1. The number of hydrogen-bond acceptors (Lipinski definition) is 6. The van der Waals surface area contributed by atoms with Crippen LogP contribution in [0.15, 0.2) is 53.4 Å². The minimum absolute atomic E-state index is 0.0758. The quantitative estimate of drug-likeness (QED) is 0.473. The van der Waals surface area contributed by atoms with Gasteiger partial charge in [-0.2, -0.15) is 0 Å². The number of carbonyl (C=O) groups excluding carboxylic acids is 2. The second-order valence-corrected chi connectivity index (χ2v) is 8.60. The first kappa shape index (κ1) is 21.4. The number of aryl methyl sites for hydroxylation is 1. The third-order valence-corrected chi connectivity index (χ3v) is 5.77. The van der Waals surface area contributed by atoms with Crippen molar-refractivity contribution in [2.45, 2.75) is 11.8 Å². The van der Waals surface area contributed by atoms with E-state index in [4.69, 9.17) is 5.14 Å². The predicted octanol–water partition coefficient (Wildman–Crippen LogP) is 3.13. The molecular formula is C18H16FN5O4S2. The molecule has 12 heteroatoms. The van der Waals surface area contributed by atoms with E-state index in [1.807, 2.05) is 0 Å². The highest BCUT2D eigenvalue weighted by atomic mass is 32.2. The van der Waals surface area contributed by atoms with Crippen LogP contribution in [-0.2, 0) is 10.0 Å². The van der Waals surface area contributed by atoms with Gasteiger partial charge < -0.3 is 10.6 Å². The van der Waals surface area contributed by atoms with Gasteiger partial charge in [0.05, 0.1) is 10.6 Å². The fraction of sp³-hybridized carbons (Fsp3) is 0.0556. The molecule has 0 unspecified atom stereocenters. The monoisotopic (exact) mass is 449 g/mol. The fourth-order valence-corrected chi connectivity index (χ4v) is 3.74. The molecule has 0 fully saturated rings. The number of thiazole rings is 1. The van der Waals surface area contributed by atoms with Crippen molar-refractivity contribution >= 4 is 49.8 Å². The molecule has 0 atom stereocenters. The number of amides is 3. The summed E-state index contributed by atoms with van der Waals surface area (Å²) < 4.78 is 35.5. The molecule has 0 saturated heterocycles. The van der Waals surface area contributed by atoms with E-state index < -0.39 is 27.8 Å². The van der Waals surface area contributed by atoms with Gasteiger partial charge in [0.2, 0.25) is 10.0 Å². The minimum atomic E-state index is -3.83. The zero-order valence-corrected chi connectivity index (χ0v) is 17.1. The zero-order chi connectivity index (χ0) is 21.9. The van der Waals surface area contributed by atoms with Crippen LogP contribution in [0.1, 0.15) is 15.4 Å². The highest BCUT2D eigenvalue weighted by Gasteiger charge is 2.17. The average molecular weight is 449 g/mol. The largest absolute Gasteiger partial charge is 0.325 e. The lowest BCUT2D eigenvalue weighted by Gasteiger charge is -2.05. The van der Waals surface area contributed by atoms with Crippen molar-refractivity contribution in [2.24, 2.45) is 5.14 Å². The Kier molecular flexibility index (Phi) is 6.10. The minimum Gasteiger partial charge on any atom is -0.321 e. The Morgan fingerprint density at radius 1 is 0.967 bits per heavy atom. The Labute approximate surface area is 175 Å². The number of aromatic nitrogens is 1. The van der Waals surface area contributed by atoms with Crippen molar-refractivity contribution < 1.29 is 22.4 Å². The first-order valence-electron chi connectivity index (χ1n) is 8.37. The van der Waals surface area contributed by atoms with E-state index >= 15 is 0 Å². The van der Waals surface area contributed by atoms with Crippen LogP contribution in [0.25, 0.3) is 0 Å². The normalized spacial score (nSPS) is 11.0. The molecule has 2 aromatic carbocycles. The van der Waals surface area contributed by atoms with Crippen molar-refractivity contribution in [1.29, 1.82) is 0 Å². The average Bonchev–Trinajstić information content (AvgIpc) is 3.03.